The van der Waals surface area contributed by atoms with Gasteiger partial charge in [-0.05, 0) is 47.4 Å². The van der Waals surface area contributed by atoms with Gasteiger partial charge in [-0.3, -0.25) is 9.69 Å². The van der Waals surface area contributed by atoms with Crippen LogP contribution in [0.15, 0.2) is 30.3 Å². The number of nitrogens with zero attached hydrogens (tertiary/aromatic N) is 1. The molecular formula is C23H29NO6. The van der Waals surface area contributed by atoms with Crippen molar-refractivity contribution in [3.05, 3.63) is 47.0 Å². The second-order valence-corrected chi connectivity index (χ2v) is 7.04. The summed E-state index contributed by atoms with van der Waals surface area (Å²) in [7, 11) is 7.93. The molecule has 0 fully saturated rings. The van der Waals surface area contributed by atoms with E-state index in [1.54, 1.807) is 28.4 Å². The molecule has 0 aliphatic carbocycles. The number of fused-ring (bicyclic) bond motifs is 1. The summed E-state index contributed by atoms with van der Waals surface area (Å²) in [5.41, 5.74) is 3.36. The predicted molar refractivity (Wildman–Crippen MR) is 113 cm³/mol. The van der Waals surface area contributed by atoms with Gasteiger partial charge in [0.15, 0.2) is 23.0 Å². The van der Waals surface area contributed by atoms with E-state index in [4.69, 9.17) is 23.7 Å². The predicted octanol–water partition coefficient (Wildman–Crippen LogP) is 3.23. The number of benzene rings is 2. The van der Waals surface area contributed by atoms with E-state index >= 15 is 0 Å². The summed E-state index contributed by atoms with van der Waals surface area (Å²) in [5.74, 6) is 2.50. The zero-order valence-electron chi connectivity index (χ0n) is 18.2. The average Bonchev–Trinajstić information content (AvgIpc) is 2.80. The standard InChI is InChI=1S/C23H29NO6/c1-26-18-7-6-16(13-19(18)27-2)23-17-14-21(29-4)20(28-3)12-15(17)8-10-24(23)11-9-22(25)30-5/h6-7,12-14,23H,8-11H2,1-5H3. The first-order chi connectivity index (χ1) is 14.6. The van der Waals surface area contributed by atoms with Crippen molar-refractivity contribution in [2.24, 2.45) is 0 Å². The molecule has 7 heteroatoms. The van der Waals surface area contributed by atoms with Gasteiger partial charge in [-0.15, -0.1) is 0 Å². The molecule has 162 valence electrons. The normalized spacial score (nSPS) is 15.8. The smallest absolute Gasteiger partial charge is 0.306 e. The van der Waals surface area contributed by atoms with Gasteiger partial charge in [-0.1, -0.05) is 6.07 Å². The topological polar surface area (TPSA) is 66.5 Å². The molecule has 7 nitrogen and oxygen atoms in total. The third-order valence-corrected chi connectivity index (χ3v) is 5.53. The van der Waals surface area contributed by atoms with Gasteiger partial charge in [0.2, 0.25) is 0 Å². The number of hydrogen-bond acceptors (Lipinski definition) is 7. The van der Waals surface area contributed by atoms with Crippen LogP contribution in [0.5, 0.6) is 23.0 Å². The van der Waals surface area contributed by atoms with Gasteiger partial charge in [-0.25, -0.2) is 0 Å². The molecule has 0 bridgehead atoms. The molecular weight excluding hydrogens is 386 g/mol. The molecule has 1 aliphatic heterocycles. The van der Waals surface area contributed by atoms with Crippen molar-refractivity contribution in [3.63, 3.8) is 0 Å². The molecule has 0 saturated carbocycles. The van der Waals surface area contributed by atoms with Crippen molar-refractivity contribution in [2.75, 3.05) is 48.6 Å². The zero-order chi connectivity index (χ0) is 21.7. The van der Waals surface area contributed by atoms with E-state index < -0.39 is 0 Å². The number of rotatable bonds is 8. The van der Waals surface area contributed by atoms with E-state index in [0.29, 0.717) is 36.0 Å². The van der Waals surface area contributed by atoms with E-state index in [2.05, 4.69) is 4.90 Å². The summed E-state index contributed by atoms with van der Waals surface area (Å²) in [6.07, 6.45) is 1.17. The van der Waals surface area contributed by atoms with Crippen molar-refractivity contribution in [2.45, 2.75) is 18.9 Å². The van der Waals surface area contributed by atoms with Crippen molar-refractivity contribution in [3.8, 4) is 23.0 Å². The maximum Gasteiger partial charge on any atom is 0.306 e. The van der Waals surface area contributed by atoms with Gasteiger partial charge in [-0.2, -0.15) is 0 Å². The summed E-state index contributed by atoms with van der Waals surface area (Å²) in [6, 6.07) is 9.92. The lowest BCUT2D eigenvalue weighted by molar-refractivity contribution is -0.141. The monoisotopic (exact) mass is 415 g/mol. The Labute approximate surface area is 177 Å². The maximum absolute atomic E-state index is 11.8. The highest BCUT2D eigenvalue weighted by atomic mass is 16.5. The fourth-order valence-corrected chi connectivity index (χ4v) is 3.99. The first kappa shape index (κ1) is 21.8. The number of ether oxygens (including phenoxy) is 5. The minimum absolute atomic E-state index is 0.0713. The fraction of sp³-hybridized carbons (Fsp3) is 0.435. The van der Waals surface area contributed by atoms with E-state index in [9.17, 15) is 4.79 Å². The van der Waals surface area contributed by atoms with Crippen molar-refractivity contribution in [1.29, 1.82) is 0 Å². The molecule has 0 N–H and O–H groups in total. The van der Waals surface area contributed by atoms with Crippen LogP contribution in [0.2, 0.25) is 0 Å². The number of carbonyl (C=O) groups is 1. The van der Waals surface area contributed by atoms with Crippen LogP contribution < -0.4 is 18.9 Å². The van der Waals surface area contributed by atoms with Crippen LogP contribution in [0.25, 0.3) is 0 Å². The Morgan fingerprint density at radius 3 is 2.17 bits per heavy atom. The molecule has 1 unspecified atom stereocenters. The number of hydrogen-bond donors (Lipinski definition) is 0. The highest BCUT2D eigenvalue weighted by Gasteiger charge is 2.31. The fourth-order valence-electron chi connectivity index (χ4n) is 3.99. The van der Waals surface area contributed by atoms with E-state index in [1.165, 1.54) is 12.7 Å². The molecule has 0 saturated heterocycles. The number of carbonyl (C=O) groups excluding carboxylic acids is 1. The second kappa shape index (κ2) is 9.71. The zero-order valence-corrected chi connectivity index (χ0v) is 18.2. The molecule has 1 atom stereocenters. The largest absolute Gasteiger partial charge is 0.493 e. The summed E-state index contributed by atoms with van der Waals surface area (Å²) in [5, 5.41) is 0. The summed E-state index contributed by atoms with van der Waals surface area (Å²) in [6.45, 7) is 1.39. The molecule has 30 heavy (non-hydrogen) atoms. The van der Waals surface area contributed by atoms with Gasteiger partial charge >= 0.3 is 5.97 Å². The summed E-state index contributed by atoms with van der Waals surface area (Å²) < 4.78 is 26.8. The third kappa shape index (κ3) is 4.31. The van der Waals surface area contributed by atoms with Crippen LogP contribution in [-0.2, 0) is 16.0 Å². The molecule has 1 aliphatic rings. The lowest BCUT2D eigenvalue weighted by Gasteiger charge is -2.38. The Bertz CT molecular complexity index is 898. The molecule has 2 aromatic carbocycles. The molecule has 0 radical (unpaired) electrons. The highest BCUT2D eigenvalue weighted by Crippen LogP contribution is 2.42. The van der Waals surface area contributed by atoms with Crippen LogP contribution in [0.4, 0.5) is 0 Å². The minimum Gasteiger partial charge on any atom is -0.493 e. The number of esters is 1. The first-order valence-electron chi connectivity index (χ1n) is 9.83. The molecule has 0 amide bonds. The van der Waals surface area contributed by atoms with E-state index in [-0.39, 0.29) is 12.0 Å². The Balaban J connectivity index is 2.09. The lowest BCUT2D eigenvalue weighted by atomic mass is 9.87. The molecule has 3 rings (SSSR count). The van der Waals surface area contributed by atoms with E-state index in [0.717, 1.165) is 24.1 Å². The van der Waals surface area contributed by atoms with Gasteiger partial charge in [0.25, 0.3) is 0 Å². The van der Waals surface area contributed by atoms with Crippen molar-refractivity contribution >= 4 is 5.97 Å². The quantitative estimate of drug-likeness (QED) is 0.613. The highest BCUT2D eigenvalue weighted by molar-refractivity contribution is 5.69. The number of methoxy groups -OCH3 is 5. The second-order valence-electron chi connectivity index (χ2n) is 7.04. The summed E-state index contributed by atoms with van der Waals surface area (Å²) in [4.78, 5) is 14.1. The van der Waals surface area contributed by atoms with Gasteiger partial charge in [0.1, 0.15) is 0 Å². The van der Waals surface area contributed by atoms with Crippen LogP contribution in [0, 0.1) is 0 Å². The van der Waals surface area contributed by atoms with E-state index in [1.807, 2.05) is 30.3 Å². The maximum atomic E-state index is 11.8. The Morgan fingerprint density at radius 2 is 1.53 bits per heavy atom. The Morgan fingerprint density at radius 1 is 0.900 bits per heavy atom. The van der Waals surface area contributed by atoms with Gasteiger partial charge < -0.3 is 23.7 Å². The van der Waals surface area contributed by atoms with Crippen LogP contribution in [0.3, 0.4) is 0 Å². The molecule has 0 spiro atoms. The van der Waals surface area contributed by atoms with Crippen LogP contribution in [-0.4, -0.2) is 59.5 Å². The van der Waals surface area contributed by atoms with Crippen LogP contribution in [0.1, 0.15) is 29.2 Å². The Hall–Kier alpha value is -2.93. The first-order valence-corrected chi connectivity index (χ1v) is 9.83. The molecule has 2 aromatic rings. The SMILES string of the molecule is COC(=O)CCN1CCc2cc(OC)c(OC)cc2C1c1ccc(OC)c(OC)c1. The van der Waals surface area contributed by atoms with Crippen molar-refractivity contribution in [1.82, 2.24) is 4.90 Å². The molecule has 0 aromatic heterocycles. The lowest BCUT2D eigenvalue weighted by Crippen LogP contribution is -2.37. The third-order valence-electron chi connectivity index (χ3n) is 5.53. The van der Waals surface area contributed by atoms with Crippen molar-refractivity contribution < 1.29 is 28.5 Å². The average molecular weight is 415 g/mol. The van der Waals surface area contributed by atoms with Gasteiger partial charge in [0, 0.05) is 13.1 Å². The molecule has 1 heterocycles. The van der Waals surface area contributed by atoms with Gasteiger partial charge in [0.05, 0.1) is 48.0 Å². The summed E-state index contributed by atoms with van der Waals surface area (Å²) >= 11 is 0. The van der Waals surface area contributed by atoms with Crippen LogP contribution >= 0.6 is 0 Å². The minimum atomic E-state index is -0.223. The Kier molecular flexibility index (Phi) is 7.05.